The van der Waals surface area contributed by atoms with Gasteiger partial charge in [-0.2, -0.15) is 0 Å². The molecule has 4 nitrogen and oxygen atoms in total. The number of amides is 1. The highest BCUT2D eigenvalue weighted by atomic mass is 28.4. The molecule has 0 spiro atoms. The molecule has 154 valence electrons. The first-order chi connectivity index (χ1) is 13.9. The minimum absolute atomic E-state index is 0.0884. The van der Waals surface area contributed by atoms with E-state index in [-0.39, 0.29) is 17.0 Å². The van der Waals surface area contributed by atoms with Crippen LogP contribution in [0.15, 0.2) is 73.3 Å². The Morgan fingerprint density at radius 3 is 2.10 bits per heavy atom. The minimum Gasteiger partial charge on any atom is -0.405 e. The summed E-state index contributed by atoms with van der Waals surface area (Å²) in [7, 11) is -2.62. The minimum atomic E-state index is -2.62. The standard InChI is InChI=1S/C24H32N2O2Si/c1-5-20(26-17-16-25-18-23(26)27)19-28-29(24(2,3)4,21-12-8-6-9-13-21)22-14-10-7-11-15-22/h5-15,20,25H,1,16-19H2,2-4H3/t20-/m1/s1. The van der Waals surface area contributed by atoms with Crippen molar-refractivity contribution in [3.8, 4) is 0 Å². The molecular formula is C24H32N2O2Si. The van der Waals surface area contributed by atoms with Gasteiger partial charge in [-0.15, -0.1) is 6.58 Å². The van der Waals surface area contributed by atoms with Gasteiger partial charge in [0.25, 0.3) is 8.32 Å². The third kappa shape index (κ3) is 4.37. The van der Waals surface area contributed by atoms with E-state index in [9.17, 15) is 4.79 Å². The van der Waals surface area contributed by atoms with Crippen molar-refractivity contribution < 1.29 is 9.22 Å². The number of rotatable bonds is 7. The quantitative estimate of drug-likeness (QED) is 0.566. The molecule has 0 radical (unpaired) electrons. The van der Waals surface area contributed by atoms with Crippen LogP contribution in [0, 0.1) is 0 Å². The fraction of sp³-hybridized carbons (Fsp3) is 0.375. The number of nitrogens with one attached hydrogen (secondary N) is 1. The number of carbonyl (C=O) groups is 1. The second-order valence-corrected chi connectivity index (χ2v) is 12.8. The average Bonchev–Trinajstić information content (AvgIpc) is 2.73. The molecule has 1 aliphatic rings. The Kier molecular flexibility index (Phi) is 6.73. The Labute approximate surface area is 175 Å². The lowest BCUT2D eigenvalue weighted by Crippen LogP contribution is -2.67. The first kappa shape index (κ1) is 21.5. The van der Waals surface area contributed by atoms with E-state index in [1.807, 2.05) is 23.1 Å². The van der Waals surface area contributed by atoms with Crippen LogP contribution in [0.5, 0.6) is 0 Å². The molecule has 5 heteroatoms. The molecule has 29 heavy (non-hydrogen) atoms. The summed E-state index contributed by atoms with van der Waals surface area (Å²) in [6.07, 6.45) is 1.85. The van der Waals surface area contributed by atoms with E-state index < -0.39 is 8.32 Å². The fourth-order valence-electron chi connectivity index (χ4n) is 4.23. The third-order valence-corrected chi connectivity index (χ3v) is 10.7. The molecule has 0 unspecified atom stereocenters. The van der Waals surface area contributed by atoms with Gasteiger partial charge in [0, 0.05) is 13.1 Å². The van der Waals surface area contributed by atoms with Gasteiger partial charge in [0.15, 0.2) is 0 Å². The van der Waals surface area contributed by atoms with E-state index in [4.69, 9.17) is 4.43 Å². The Bertz CT molecular complexity index is 778. The molecule has 2 aromatic rings. The summed E-state index contributed by atoms with van der Waals surface area (Å²) >= 11 is 0. The molecule has 0 aliphatic carbocycles. The van der Waals surface area contributed by atoms with Crippen LogP contribution in [0.4, 0.5) is 0 Å². The lowest BCUT2D eigenvalue weighted by atomic mass is 10.2. The van der Waals surface area contributed by atoms with Crippen LogP contribution in [-0.2, 0) is 9.22 Å². The van der Waals surface area contributed by atoms with E-state index in [2.05, 4.69) is 81.2 Å². The normalized spacial score (nSPS) is 16.5. The number of carbonyl (C=O) groups excluding carboxylic acids is 1. The van der Waals surface area contributed by atoms with E-state index in [1.165, 1.54) is 10.4 Å². The van der Waals surface area contributed by atoms with Crippen molar-refractivity contribution in [3.63, 3.8) is 0 Å². The highest BCUT2D eigenvalue weighted by Crippen LogP contribution is 2.37. The van der Waals surface area contributed by atoms with Gasteiger partial charge in [-0.3, -0.25) is 4.79 Å². The van der Waals surface area contributed by atoms with Crippen LogP contribution in [0.2, 0.25) is 5.04 Å². The van der Waals surface area contributed by atoms with Crippen molar-refractivity contribution in [2.75, 3.05) is 26.2 Å². The predicted octanol–water partition coefficient (Wildman–Crippen LogP) is 2.55. The van der Waals surface area contributed by atoms with E-state index in [0.29, 0.717) is 19.7 Å². The van der Waals surface area contributed by atoms with Crippen molar-refractivity contribution in [2.45, 2.75) is 31.9 Å². The molecule has 1 saturated heterocycles. The predicted molar refractivity (Wildman–Crippen MR) is 122 cm³/mol. The molecule has 1 heterocycles. The van der Waals surface area contributed by atoms with Crippen LogP contribution in [0.25, 0.3) is 0 Å². The van der Waals surface area contributed by atoms with Gasteiger partial charge >= 0.3 is 0 Å². The summed E-state index contributed by atoms with van der Waals surface area (Å²) in [5.41, 5.74) is 0. The van der Waals surface area contributed by atoms with Gasteiger partial charge in [-0.05, 0) is 15.4 Å². The smallest absolute Gasteiger partial charge is 0.261 e. The maximum absolute atomic E-state index is 12.4. The highest BCUT2D eigenvalue weighted by molar-refractivity contribution is 6.99. The second kappa shape index (κ2) is 9.07. The summed E-state index contributed by atoms with van der Waals surface area (Å²) in [4.78, 5) is 14.3. The maximum Gasteiger partial charge on any atom is 0.261 e. The largest absolute Gasteiger partial charge is 0.405 e. The molecule has 3 rings (SSSR count). The van der Waals surface area contributed by atoms with E-state index >= 15 is 0 Å². The first-order valence-electron chi connectivity index (χ1n) is 10.3. The number of benzene rings is 2. The van der Waals surface area contributed by atoms with Crippen molar-refractivity contribution in [3.05, 3.63) is 73.3 Å². The molecule has 1 atom stereocenters. The number of hydrogen-bond donors (Lipinski definition) is 1. The summed E-state index contributed by atoms with van der Waals surface area (Å²) in [6.45, 7) is 13.1. The Balaban J connectivity index is 2.01. The van der Waals surface area contributed by atoms with Gasteiger partial charge < -0.3 is 14.6 Å². The van der Waals surface area contributed by atoms with Crippen molar-refractivity contribution >= 4 is 24.6 Å². The van der Waals surface area contributed by atoms with Crippen LogP contribution in [-0.4, -0.2) is 51.4 Å². The van der Waals surface area contributed by atoms with Crippen molar-refractivity contribution in [1.29, 1.82) is 0 Å². The van der Waals surface area contributed by atoms with Crippen LogP contribution < -0.4 is 15.7 Å². The summed E-state index contributed by atoms with van der Waals surface area (Å²) in [5.74, 6) is 0.104. The van der Waals surface area contributed by atoms with Gasteiger partial charge in [-0.1, -0.05) is 87.5 Å². The highest BCUT2D eigenvalue weighted by Gasteiger charge is 2.50. The second-order valence-electron chi connectivity index (χ2n) is 8.54. The fourth-order valence-corrected chi connectivity index (χ4v) is 8.81. The zero-order valence-electron chi connectivity index (χ0n) is 17.7. The molecule has 1 aliphatic heterocycles. The van der Waals surface area contributed by atoms with Crippen LogP contribution >= 0.6 is 0 Å². The van der Waals surface area contributed by atoms with Gasteiger partial charge in [-0.25, -0.2) is 0 Å². The molecule has 0 saturated carbocycles. The zero-order chi connectivity index (χ0) is 20.9. The summed E-state index contributed by atoms with van der Waals surface area (Å²) in [6, 6.07) is 21.0. The Morgan fingerprint density at radius 1 is 1.10 bits per heavy atom. The molecule has 2 aromatic carbocycles. The van der Waals surface area contributed by atoms with Gasteiger partial charge in [0.2, 0.25) is 5.91 Å². The van der Waals surface area contributed by atoms with Crippen LogP contribution in [0.3, 0.4) is 0 Å². The number of hydrogen-bond acceptors (Lipinski definition) is 3. The lowest BCUT2D eigenvalue weighted by Gasteiger charge is -2.44. The number of nitrogens with zero attached hydrogens (tertiary/aromatic N) is 1. The lowest BCUT2D eigenvalue weighted by molar-refractivity contribution is -0.134. The van der Waals surface area contributed by atoms with Gasteiger partial charge in [0.05, 0.1) is 19.2 Å². The van der Waals surface area contributed by atoms with Crippen molar-refractivity contribution in [1.82, 2.24) is 10.2 Å². The first-order valence-corrected chi connectivity index (χ1v) is 12.2. The van der Waals surface area contributed by atoms with Gasteiger partial charge in [0.1, 0.15) is 0 Å². The molecule has 1 fully saturated rings. The molecule has 1 N–H and O–H groups in total. The third-order valence-electron chi connectivity index (χ3n) is 5.69. The van der Waals surface area contributed by atoms with Crippen LogP contribution in [0.1, 0.15) is 20.8 Å². The van der Waals surface area contributed by atoms with E-state index in [1.54, 1.807) is 0 Å². The summed E-state index contributed by atoms with van der Waals surface area (Å²) < 4.78 is 6.97. The van der Waals surface area contributed by atoms with Crippen molar-refractivity contribution in [2.24, 2.45) is 0 Å². The molecule has 0 aromatic heterocycles. The Morgan fingerprint density at radius 2 is 1.66 bits per heavy atom. The number of piperazine rings is 1. The zero-order valence-corrected chi connectivity index (χ0v) is 18.7. The topological polar surface area (TPSA) is 41.6 Å². The average molecular weight is 409 g/mol. The summed E-state index contributed by atoms with van der Waals surface area (Å²) in [5, 5.41) is 5.53. The maximum atomic E-state index is 12.4. The SMILES string of the molecule is C=C[C@H](CO[Si](c1ccccc1)(c1ccccc1)C(C)(C)C)N1CCNCC1=O. The molecule has 0 bridgehead atoms. The Hall–Kier alpha value is -2.21. The monoisotopic (exact) mass is 408 g/mol. The molecule has 1 amide bonds. The van der Waals surface area contributed by atoms with E-state index in [0.717, 1.165) is 6.54 Å². The molecular weight excluding hydrogens is 376 g/mol.